The maximum absolute atomic E-state index is 12.8. The number of benzene rings is 1. The number of hydrogen-bond acceptors (Lipinski definition) is 3. The summed E-state index contributed by atoms with van der Waals surface area (Å²) in [5.41, 5.74) is 0. The molecule has 1 heterocycles. The van der Waals surface area contributed by atoms with E-state index in [-0.39, 0.29) is 14.9 Å². The van der Waals surface area contributed by atoms with Crippen molar-refractivity contribution >= 4 is 33.2 Å². The summed E-state index contributed by atoms with van der Waals surface area (Å²) >= 11 is 12.1. The fourth-order valence-electron chi connectivity index (χ4n) is 2.81. The van der Waals surface area contributed by atoms with Crippen molar-refractivity contribution in [3.8, 4) is 5.75 Å². The van der Waals surface area contributed by atoms with E-state index in [0.29, 0.717) is 30.7 Å². The van der Waals surface area contributed by atoms with Gasteiger partial charge >= 0.3 is 0 Å². The molecule has 2 rings (SSSR count). The Morgan fingerprint density at radius 1 is 1.14 bits per heavy atom. The second kappa shape index (κ2) is 6.32. The highest BCUT2D eigenvalue weighted by atomic mass is 35.5. The molecule has 0 spiro atoms. The summed E-state index contributed by atoms with van der Waals surface area (Å²) in [5.74, 6) is 1.02. The maximum Gasteiger partial charge on any atom is 0.244 e. The van der Waals surface area contributed by atoms with E-state index in [9.17, 15) is 8.42 Å². The van der Waals surface area contributed by atoms with E-state index in [4.69, 9.17) is 27.9 Å². The molecule has 0 N–H and O–H groups in total. The van der Waals surface area contributed by atoms with Gasteiger partial charge in [-0.3, -0.25) is 0 Å². The van der Waals surface area contributed by atoms with Crippen molar-refractivity contribution in [3.63, 3.8) is 0 Å². The van der Waals surface area contributed by atoms with Crippen LogP contribution in [-0.4, -0.2) is 32.9 Å². The summed E-state index contributed by atoms with van der Waals surface area (Å²) in [6, 6.07) is 2.80. The van der Waals surface area contributed by atoms with Crippen LogP contribution in [0.5, 0.6) is 5.75 Å². The molecule has 1 aromatic rings. The zero-order valence-corrected chi connectivity index (χ0v) is 14.6. The molecule has 0 aliphatic carbocycles. The van der Waals surface area contributed by atoms with Gasteiger partial charge in [0.15, 0.2) is 0 Å². The Bertz CT molecular complexity index is 623. The van der Waals surface area contributed by atoms with Crippen molar-refractivity contribution in [2.24, 2.45) is 11.8 Å². The zero-order valence-electron chi connectivity index (χ0n) is 12.3. The number of nitrogens with zero attached hydrogens (tertiary/aromatic N) is 1. The van der Waals surface area contributed by atoms with Gasteiger partial charge in [-0.15, -0.1) is 0 Å². The Morgan fingerprint density at radius 2 is 1.71 bits per heavy atom. The van der Waals surface area contributed by atoms with Crippen LogP contribution >= 0.6 is 23.2 Å². The van der Waals surface area contributed by atoms with E-state index < -0.39 is 10.0 Å². The molecular formula is C14H19Cl2NO3S. The number of rotatable bonds is 3. The van der Waals surface area contributed by atoms with Crippen LogP contribution in [0.3, 0.4) is 0 Å². The van der Waals surface area contributed by atoms with E-state index in [1.165, 1.54) is 23.5 Å². The molecular weight excluding hydrogens is 333 g/mol. The van der Waals surface area contributed by atoms with Gasteiger partial charge in [0.1, 0.15) is 10.6 Å². The molecule has 0 bridgehead atoms. The highest BCUT2D eigenvalue weighted by Crippen LogP contribution is 2.36. The van der Waals surface area contributed by atoms with E-state index in [2.05, 4.69) is 13.8 Å². The molecule has 0 aromatic heterocycles. The van der Waals surface area contributed by atoms with Crippen molar-refractivity contribution in [1.29, 1.82) is 0 Å². The number of piperidine rings is 1. The van der Waals surface area contributed by atoms with Gasteiger partial charge in [0.25, 0.3) is 0 Å². The smallest absolute Gasteiger partial charge is 0.244 e. The quantitative estimate of drug-likeness (QED) is 0.834. The third kappa shape index (κ3) is 3.47. The molecule has 0 amide bonds. The van der Waals surface area contributed by atoms with Crippen LogP contribution < -0.4 is 4.74 Å². The number of hydrogen-bond donors (Lipinski definition) is 0. The zero-order chi connectivity index (χ0) is 15.8. The lowest BCUT2D eigenvalue weighted by atomic mass is 9.94. The second-order valence-electron chi connectivity index (χ2n) is 5.69. The van der Waals surface area contributed by atoms with Crippen LogP contribution in [0.15, 0.2) is 17.0 Å². The van der Waals surface area contributed by atoms with Gasteiger partial charge in [-0.1, -0.05) is 37.0 Å². The molecule has 0 saturated carbocycles. The van der Waals surface area contributed by atoms with Crippen LogP contribution in [0.1, 0.15) is 20.3 Å². The third-order valence-corrected chi connectivity index (χ3v) is 6.25. The van der Waals surface area contributed by atoms with Crippen LogP contribution in [0.4, 0.5) is 0 Å². The minimum Gasteiger partial charge on any atom is -0.495 e. The standard InChI is InChI=1S/C14H19Cl2NO3S/c1-9-4-10(2)8-17(7-9)21(18,19)14-6-11(15)13(20-3)5-12(14)16/h5-6,9-10H,4,7-8H2,1-3H3/t9-,10+. The average Bonchev–Trinajstić information content (AvgIpc) is 2.39. The fourth-order valence-corrected chi connectivity index (χ4v) is 5.31. The Kier molecular flexibility index (Phi) is 5.08. The molecule has 1 fully saturated rings. The average molecular weight is 352 g/mol. The lowest BCUT2D eigenvalue weighted by Crippen LogP contribution is -2.42. The third-order valence-electron chi connectivity index (χ3n) is 3.66. The van der Waals surface area contributed by atoms with Gasteiger partial charge in [-0.2, -0.15) is 4.31 Å². The van der Waals surface area contributed by atoms with Crippen molar-refractivity contribution in [2.45, 2.75) is 25.2 Å². The van der Waals surface area contributed by atoms with Gasteiger partial charge < -0.3 is 4.74 Å². The first-order valence-electron chi connectivity index (χ1n) is 6.79. The summed E-state index contributed by atoms with van der Waals surface area (Å²) in [6.45, 7) is 5.13. The predicted octanol–water partition coefficient (Wildman–Crippen LogP) is 3.67. The number of sulfonamides is 1. The summed E-state index contributed by atoms with van der Waals surface area (Å²) in [4.78, 5) is 0.0382. The van der Waals surface area contributed by atoms with E-state index >= 15 is 0 Å². The molecule has 2 atom stereocenters. The van der Waals surface area contributed by atoms with Gasteiger partial charge in [-0.25, -0.2) is 8.42 Å². The molecule has 1 saturated heterocycles. The largest absolute Gasteiger partial charge is 0.495 e. The molecule has 118 valence electrons. The van der Waals surface area contributed by atoms with E-state index in [1.807, 2.05) is 0 Å². The first kappa shape index (κ1) is 16.9. The summed E-state index contributed by atoms with van der Waals surface area (Å²) in [5, 5.41) is 0.362. The SMILES string of the molecule is COc1cc(Cl)c(S(=O)(=O)N2C[C@H](C)C[C@H](C)C2)cc1Cl. The summed E-state index contributed by atoms with van der Waals surface area (Å²) in [7, 11) is -2.19. The van der Waals surface area contributed by atoms with Crippen LogP contribution in [0.2, 0.25) is 10.0 Å². The molecule has 0 unspecified atom stereocenters. The summed E-state index contributed by atoms with van der Waals surface area (Å²) < 4.78 is 32.1. The highest BCUT2D eigenvalue weighted by molar-refractivity contribution is 7.89. The minimum atomic E-state index is -3.64. The van der Waals surface area contributed by atoms with Crippen molar-refractivity contribution in [2.75, 3.05) is 20.2 Å². The molecule has 1 aromatic carbocycles. The Morgan fingerprint density at radius 3 is 2.24 bits per heavy atom. The highest BCUT2D eigenvalue weighted by Gasteiger charge is 2.33. The van der Waals surface area contributed by atoms with Crippen molar-refractivity contribution in [3.05, 3.63) is 22.2 Å². The predicted molar refractivity (Wildman–Crippen MR) is 84.7 cm³/mol. The van der Waals surface area contributed by atoms with Crippen molar-refractivity contribution in [1.82, 2.24) is 4.31 Å². The Hall–Kier alpha value is -0.490. The summed E-state index contributed by atoms with van der Waals surface area (Å²) in [6.07, 6.45) is 1.03. The molecule has 21 heavy (non-hydrogen) atoms. The molecule has 1 aliphatic rings. The van der Waals surface area contributed by atoms with Crippen LogP contribution in [-0.2, 0) is 10.0 Å². The lowest BCUT2D eigenvalue weighted by molar-refractivity contribution is 0.222. The maximum atomic E-state index is 12.8. The first-order chi connectivity index (χ1) is 9.75. The lowest BCUT2D eigenvalue weighted by Gasteiger charge is -2.34. The van der Waals surface area contributed by atoms with Gasteiger partial charge in [0.05, 0.1) is 17.2 Å². The molecule has 7 heteroatoms. The number of ether oxygens (including phenoxy) is 1. The van der Waals surface area contributed by atoms with E-state index in [0.717, 1.165) is 6.42 Å². The van der Waals surface area contributed by atoms with Crippen LogP contribution in [0.25, 0.3) is 0 Å². The molecule has 4 nitrogen and oxygen atoms in total. The molecule has 1 aliphatic heterocycles. The normalized spacial score (nSPS) is 24.0. The Balaban J connectivity index is 2.42. The monoisotopic (exact) mass is 351 g/mol. The second-order valence-corrected chi connectivity index (χ2v) is 8.41. The Labute approximate surface area is 136 Å². The minimum absolute atomic E-state index is 0.0382. The number of methoxy groups -OCH3 is 1. The van der Waals surface area contributed by atoms with Gasteiger partial charge in [0.2, 0.25) is 10.0 Å². The van der Waals surface area contributed by atoms with Gasteiger partial charge in [0, 0.05) is 19.2 Å². The van der Waals surface area contributed by atoms with Crippen molar-refractivity contribution < 1.29 is 13.2 Å². The first-order valence-corrected chi connectivity index (χ1v) is 8.98. The number of halogens is 2. The fraction of sp³-hybridized carbons (Fsp3) is 0.571. The molecule has 0 radical (unpaired) electrons. The van der Waals surface area contributed by atoms with E-state index in [1.54, 1.807) is 0 Å². The van der Waals surface area contributed by atoms with Gasteiger partial charge in [-0.05, 0) is 24.3 Å². The van der Waals surface area contributed by atoms with Crippen LogP contribution in [0, 0.1) is 11.8 Å². The topological polar surface area (TPSA) is 46.6 Å².